The van der Waals surface area contributed by atoms with Crippen LogP contribution < -0.4 is 10.5 Å². The molecule has 11 heavy (non-hydrogen) atoms. The molecule has 0 atom stereocenters. The number of H-pyrrole nitrogens is 1. The van der Waals surface area contributed by atoms with Gasteiger partial charge in [0.25, 0.3) is 0 Å². The molecule has 5 heteroatoms. The molecule has 0 aliphatic heterocycles. The van der Waals surface area contributed by atoms with Gasteiger partial charge in [-0.05, 0) is 12.2 Å². The Bertz CT molecular complexity index is 271. The van der Waals surface area contributed by atoms with Crippen LogP contribution in [0.2, 0.25) is 0 Å². The first-order valence-corrected chi connectivity index (χ1v) is 3.51. The molecule has 0 amide bonds. The zero-order valence-corrected chi connectivity index (χ0v) is 6.94. The second-order valence-corrected chi connectivity index (χ2v) is 2.34. The molecule has 1 aromatic rings. The van der Waals surface area contributed by atoms with Crippen LogP contribution in [-0.2, 0) is 6.54 Å². The average molecular weight is 171 g/mol. The summed E-state index contributed by atoms with van der Waals surface area (Å²) in [5.74, 6) is 0.495. The molecule has 4 nitrogen and oxygen atoms in total. The minimum atomic E-state index is 0.393. The third-order valence-corrected chi connectivity index (χ3v) is 1.40. The molecule has 0 saturated heterocycles. The maximum absolute atomic E-state index is 5.38. The first-order chi connectivity index (χ1) is 5.26. The van der Waals surface area contributed by atoms with Gasteiger partial charge in [-0.2, -0.15) is 4.98 Å². The summed E-state index contributed by atoms with van der Waals surface area (Å²) in [6.07, 6.45) is 0. The Hall–Kier alpha value is -0.940. The van der Waals surface area contributed by atoms with Gasteiger partial charge in [-0.3, -0.25) is 0 Å². The molecule has 1 aromatic heterocycles. The van der Waals surface area contributed by atoms with Crippen LogP contribution in [0.5, 0.6) is 5.88 Å². The van der Waals surface area contributed by atoms with E-state index in [-0.39, 0.29) is 0 Å². The van der Waals surface area contributed by atoms with E-state index >= 15 is 0 Å². The Morgan fingerprint density at radius 1 is 1.82 bits per heavy atom. The lowest BCUT2D eigenvalue weighted by atomic mass is 10.4. The molecular formula is C6H9N3OS. The molecule has 0 bridgehead atoms. The molecule has 1 rings (SSSR count). The summed E-state index contributed by atoms with van der Waals surface area (Å²) >= 11 is 4.82. The maximum Gasteiger partial charge on any atom is 0.217 e. The van der Waals surface area contributed by atoms with Crippen LogP contribution in [0.1, 0.15) is 5.69 Å². The van der Waals surface area contributed by atoms with E-state index in [4.69, 9.17) is 22.7 Å². The van der Waals surface area contributed by atoms with Crippen LogP contribution in [-0.4, -0.2) is 17.1 Å². The lowest BCUT2D eigenvalue weighted by Crippen LogP contribution is -2.01. The van der Waals surface area contributed by atoms with Crippen molar-refractivity contribution < 1.29 is 4.74 Å². The third-order valence-electron chi connectivity index (χ3n) is 1.21. The molecule has 3 N–H and O–H groups in total. The van der Waals surface area contributed by atoms with Gasteiger partial charge < -0.3 is 15.5 Å². The monoisotopic (exact) mass is 171 g/mol. The first-order valence-electron chi connectivity index (χ1n) is 3.10. The fourth-order valence-electron chi connectivity index (χ4n) is 0.697. The van der Waals surface area contributed by atoms with E-state index < -0.39 is 0 Å². The van der Waals surface area contributed by atoms with Crippen LogP contribution in [0.15, 0.2) is 6.07 Å². The Balaban J connectivity index is 3.12. The number of ether oxygens (including phenoxy) is 1. The summed E-state index contributed by atoms with van der Waals surface area (Å²) in [6.45, 7) is 0.405. The number of nitrogens with zero attached hydrogens (tertiary/aromatic N) is 1. The van der Waals surface area contributed by atoms with Gasteiger partial charge in [-0.1, -0.05) is 0 Å². The fourth-order valence-corrected chi connectivity index (χ4v) is 0.918. The number of hydrogen-bond acceptors (Lipinski definition) is 4. The SMILES string of the molecule is COc1cc(CN)[nH]c(=S)n1. The lowest BCUT2D eigenvalue weighted by Gasteiger charge is -2.00. The van der Waals surface area contributed by atoms with Crippen LogP contribution in [0.3, 0.4) is 0 Å². The molecule has 1 heterocycles. The predicted octanol–water partition coefficient (Wildman–Crippen LogP) is 0.606. The summed E-state index contributed by atoms with van der Waals surface area (Å²) in [7, 11) is 1.54. The van der Waals surface area contributed by atoms with Gasteiger partial charge in [-0.25, -0.2) is 0 Å². The molecule has 0 fully saturated rings. The smallest absolute Gasteiger partial charge is 0.217 e. The zero-order chi connectivity index (χ0) is 8.27. The van der Waals surface area contributed by atoms with Gasteiger partial charge >= 0.3 is 0 Å². The van der Waals surface area contributed by atoms with E-state index in [0.717, 1.165) is 5.69 Å². The van der Waals surface area contributed by atoms with Crippen LogP contribution in [0, 0.1) is 4.77 Å². The van der Waals surface area contributed by atoms with Crippen molar-refractivity contribution in [2.45, 2.75) is 6.54 Å². The quantitative estimate of drug-likeness (QED) is 0.640. The summed E-state index contributed by atoms with van der Waals surface area (Å²) < 4.78 is 5.28. The molecule has 0 saturated carbocycles. The van der Waals surface area contributed by atoms with Crippen LogP contribution in [0.4, 0.5) is 0 Å². The number of methoxy groups -OCH3 is 1. The van der Waals surface area contributed by atoms with Crippen molar-refractivity contribution in [2.75, 3.05) is 7.11 Å². The summed E-state index contributed by atoms with van der Waals surface area (Å²) in [4.78, 5) is 6.71. The van der Waals surface area contributed by atoms with Crippen molar-refractivity contribution in [3.8, 4) is 5.88 Å². The highest BCUT2D eigenvalue weighted by molar-refractivity contribution is 7.71. The van der Waals surface area contributed by atoms with E-state index in [1.54, 1.807) is 6.07 Å². The van der Waals surface area contributed by atoms with Crippen molar-refractivity contribution in [3.05, 3.63) is 16.5 Å². The van der Waals surface area contributed by atoms with Gasteiger partial charge in [0.1, 0.15) is 0 Å². The predicted molar refractivity (Wildman–Crippen MR) is 43.9 cm³/mol. The first kappa shape index (κ1) is 8.16. The number of aromatic amines is 1. The van der Waals surface area contributed by atoms with E-state index in [2.05, 4.69) is 9.97 Å². The number of hydrogen-bond donors (Lipinski definition) is 2. The molecule has 0 aromatic carbocycles. The summed E-state index contributed by atoms with van der Waals surface area (Å²) in [6, 6.07) is 1.72. The molecular weight excluding hydrogens is 162 g/mol. The normalized spacial score (nSPS) is 9.64. The second kappa shape index (κ2) is 3.45. The molecule has 0 radical (unpaired) electrons. The Morgan fingerprint density at radius 2 is 2.55 bits per heavy atom. The fraction of sp³-hybridized carbons (Fsp3) is 0.333. The largest absolute Gasteiger partial charge is 0.481 e. The molecule has 0 unspecified atom stereocenters. The lowest BCUT2D eigenvalue weighted by molar-refractivity contribution is 0.395. The summed E-state index contributed by atoms with van der Waals surface area (Å²) in [5.41, 5.74) is 6.20. The molecule has 0 aliphatic rings. The van der Waals surface area contributed by atoms with Crippen molar-refractivity contribution in [1.82, 2.24) is 9.97 Å². The molecule has 60 valence electrons. The van der Waals surface area contributed by atoms with E-state index in [1.165, 1.54) is 7.11 Å². The highest BCUT2D eigenvalue weighted by Crippen LogP contribution is 2.05. The van der Waals surface area contributed by atoms with Gasteiger partial charge in [0.2, 0.25) is 5.88 Å². The van der Waals surface area contributed by atoms with E-state index in [1.807, 2.05) is 0 Å². The van der Waals surface area contributed by atoms with Crippen molar-refractivity contribution in [1.29, 1.82) is 0 Å². The topological polar surface area (TPSA) is 63.9 Å². The Labute approximate surface area is 69.4 Å². The minimum Gasteiger partial charge on any atom is -0.481 e. The number of nitrogens with one attached hydrogen (secondary N) is 1. The number of nitrogens with two attached hydrogens (primary N) is 1. The van der Waals surface area contributed by atoms with Crippen LogP contribution >= 0.6 is 12.2 Å². The van der Waals surface area contributed by atoms with Crippen molar-refractivity contribution >= 4 is 12.2 Å². The van der Waals surface area contributed by atoms with Gasteiger partial charge in [-0.15, -0.1) is 0 Å². The van der Waals surface area contributed by atoms with E-state index in [9.17, 15) is 0 Å². The van der Waals surface area contributed by atoms with Gasteiger partial charge in [0, 0.05) is 18.3 Å². The highest BCUT2D eigenvalue weighted by atomic mass is 32.1. The number of rotatable bonds is 2. The van der Waals surface area contributed by atoms with Crippen molar-refractivity contribution in [2.24, 2.45) is 5.73 Å². The highest BCUT2D eigenvalue weighted by Gasteiger charge is 1.95. The second-order valence-electron chi connectivity index (χ2n) is 1.96. The maximum atomic E-state index is 5.38. The number of aromatic nitrogens is 2. The Kier molecular flexibility index (Phi) is 2.56. The summed E-state index contributed by atoms with van der Waals surface area (Å²) in [5, 5.41) is 0. The third kappa shape index (κ3) is 1.99. The molecule has 0 aliphatic carbocycles. The standard InChI is InChI=1S/C6H9N3OS/c1-10-5-2-4(3-7)8-6(11)9-5/h2H,3,7H2,1H3,(H,8,9,11). The zero-order valence-electron chi connectivity index (χ0n) is 6.13. The minimum absolute atomic E-state index is 0.393. The average Bonchev–Trinajstić information content (AvgIpc) is 2.03. The Morgan fingerprint density at radius 3 is 3.09 bits per heavy atom. The van der Waals surface area contributed by atoms with Crippen LogP contribution in [0.25, 0.3) is 0 Å². The van der Waals surface area contributed by atoms with E-state index in [0.29, 0.717) is 17.2 Å². The molecule has 0 spiro atoms. The van der Waals surface area contributed by atoms with Gasteiger partial charge in [0.15, 0.2) is 4.77 Å². The van der Waals surface area contributed by atoms with Crippen molar-refractivity contribution in [3.63, 3.8) is 0 Å². The van der Waals surface area contributed by atoms with Gasteiger partial charge in [0.05, 0.1) is 7.11 Å².